The van der Waals surface area contributed by atoms with E-state index in [2.05, 4.69) is 24.5 Å². The fourth-order valence-corrected chi connectivity index (χ4v) is 2.30. The van der Waals surface area contributed by atoms with Gasteiger partial charge in [0.25, 0.3) is 0 Å². The first-order chi connectivity index (χ1) is 9.31. The van der Waals surface area contributed by atoms with Gasteiger partial charge in [-0.15, -0.1) is 0 Å². The molecule has 0 heterocycles. The quantitative estimate of drug-likeness (QED) is 0.376. The molecule has 0 aliphatic carbocycles. The molecule has 0 saturated heterocycles. The van der Waals surface area contributed by atoms with Crippen LogP contribution in [0.5, 0.6) is 0 Å². The molecule has 3 heteroatoms. The molecule has 19 heavy (non-hydrogen) atoms. The molecule has 2 N–H and O–H groups in total. The van der Waals surface area contributed by atoms with E-state index in [1.54, 1.807) is 0 Å². The van der Waals surface area contributed by atoms with E-state index in [1.165, 1.54) is 70.6 Å². The highest BCUT2D eigenvalue weighted by Gasteiger charge is 1.95. The number of thiocarbonyl (C=S) groups is 1. The molecular weight excluding hydrogens is 252 g/mol. The summed E-state index contributed by atoms with van der Waals surface area (Å²) in [6, 6.07) is 0. The minimum Gasteiger partial charge on any atom is -0.363 e. The third kappa shape index (κ3) is 15.6. The lowest BCUT2D eigenvalue weighted by atomic mass is 10.1. The molecule has 0 spiro atoms. The van der Waals surface area contributed by atoms with E-state index in [0.29, 0.717) is 0 Å². The Kier molecular flexibility index (Phi) is 15.5. The monoisotopic (exact) mass is 286 g/mol. The topological polar surface area (TPSA) is 24.1 Å². The average Bonchev–Trinajstić information content (AvgIpc) is 2.42. The third-order valence-electron chi connectivity index (χ3n) is 3.38. The highest BCUT2D eigenvalue weighted by Crippen LogP contribution is 2.07. The summed E-state index contributed by atoms with van der Waals surface area (Å²) in [7, 11) is 0. The normalized spacial score (nSPS) is 10.4. The number of unbranched alkanes of at least 4 members (excludes halogenated alkanes) is 9. The van der Waals surface area contributed by atoms with Crippen molar-refractivity contribution in [3.63, 3.8) is 0 Å². The number of rotatable bonds is 13. The SMILES string of the molecule is CCCCCCCCCCNC(=S)NCCCCC. The Morgan fingerprint density at radius 2 is 1.00 bits per heavy atom. The highest BCUT2D eigenvalue weighted by molar-refractivity contribution is 7.80. The van der Waals surface area contributed by atoms with Crippen LogP contribution in [0.4, 0.5) is 0 Å². The maximum absolute atomic E-state index is 5.23. The molecule has 114 valence electrons. The number of hydrogen-bond acceptors (Lipinski definition) is 1. The molecule has 0 aromatic heterocycles. The zero-order valence-corrected chi connectivity index (χ0v) is 13.9. The predicted octanol–water partition coefficient (Wildman–Crippen LogP) is 4.78. The van der Waals surface area contributed by atoms with Crippen LogP contribution in [0.15, 0.2) is 0 Å². The van der Waals surface area contributed by atoms with Crippen LogP contribution in [0.2, 0.25) is 0 Å². The summed E-state index contributed by atoms with van der Waals surface area (Å²) in [6.45, 7) is 6.52. The molecule has 0 fully saturated rings. The van der Waals surface area contributed by atoms with Gasteiger partial charge in [-0.1, -0.05) is 71.6 Å². The first-order valence-electron chi connectivity index (χ1n) is 8.33. The molecule has 0 aliphatic heterocycles. The lowest BCUT2D eigenvalue weighted by Gasteiger charge is -2.10. The van der Waals surface area contributed by atoms with Gasteiger partial charge >= 0.3 is 0 Å². The van der Waals surface area contributed by atoms with Gasteiger partial charge in [0.05, 0.1) is 0 Å². The minimum absolute atomic E-state index is 0.832. The molecule has 0 aromatic carbocycles. The van der Waals surface area contributed by atoms with Crippen LogP contribution in [0.25, 0.3) is 0 Å². The molecule has 0 unspecified atom stereocenters. The fraction of sp³-hybridized carbons (Fsp3) is 0.938. The molecule has 0 aliphatic rings. The lowest BCUT2D eigenvalue weighted by Crippen LogP contribution is -2.36. The Bertz CT molecular complexity index is 195. The van der Waals surface area contributed by atoms with E-state index in [0.717, 1.165) is 18.2 Å². The van der Waals surface area contributed by atoms with Crippen LogP contribution in [0.1, 0.15) is 84.5 Å². The van der Waals surface area contributed by atoms with Gasteiger partial charge in [0.15, 0.2) is 5.11 Å². The standard InChI is InChI=1S/C16H34N2S/c1-3-5-7-8-9-10-11-13-15-18-16(19)17-14-12-6-4-2/h3-15H2,1-2H3,(H2,17,18,19). The molecule has 0 rings (SSSR count). The molecular formula is C16H34N2S. The summed E-state index contributed by atoms with van der Waals surface area (Å²) >= 11 is 5.23. The van der Waals surface area contributed by atoms with Crippen LogP contribution in [-0.2, 0) is 0 Å². The van der Waals surface area contributed by atoms with Crippen molar-refractivity contribution in [3.05, 3.63) is 0 Å². The minimum atomic E-state index is 0.832. The van der Waals surface area contributed by atoms with Gasteiger partial charge in [-0.25, -0.2) is 0 Å². The second kappa shape index (κ2) is 15.7. The second-order valence-corrected chi connectivity index (χ2v) is 5.77. The van der Waals surface area contributed by atoms with Crippen molar-refractivity contribution in [2.75, 3.05) is 13.1 Å². The number of nitrogens with one attached hydrogen (secondary N) is 2. The Morgan fingerprint density at radius 3 is 1.53 bits per heavy atom. The maximum atomic E-state index is 5.23. The predicted molar refractivity (Wildman–Crippen MR) is 90.7 cm³/mol. The smallest absolute Gasteiger partial charge is 0.166 e. The summed E-state index contributed by atoms with van der Waals surface area (Å²) in [4.78, 5) is 0. The van der Waals surface area contributed by atoms with Crippen LogP contribution < -0.4 is 10.6 Å². The second-order valence-electron chi connectivity index (χ2n) is 5.36. The van der Waals surface area contributed by atoms with Crippen LogP contribution in [0.3, 0.4) is 0 Å². The summed E-state index contributed by atoms with van der Waals surface area (Å²) in [5, 5.41) is 7.39. The molecule has 0 aromatic rings. The van der Waals surface area contributed by atoms with E-state index >= 15 is 0 Å². The van der Waals surface area contributed by atoms with E-state index in [1.807, 2.05) is 0 Å². The third-order valence-corrected chi connectivity index (χ3v) is 3.67. The molecule has 0 amide bonds. The van der Waals surface area contributed by atoms with E-state index in [9.17, 15) is 0 Å². The Labute approximate surface area is 126 Å². The Morgan fingerprint density at radius 1 is 0.632 bits per heavy atom. The van der Waals surface area contributed by atoms with Crippen molar-refractivity contribution < 1.29 is 0 Å². The van der Waals surface area contributed by atoms with Gasteiger partial charge in [-0.3, -0.25) is 0 Å². The van der Waals surface area contributed by atoms with Crippen molar-refractivity contribution >= 4 is 17.3 Å². The van der Waals surface area contributed by atoms with E-state index in [-0.39, 0.29) is 0 Å². The summed E-state index contributed by atoms with van der Waals surface area (Å²) < 4.78 is 0. The van der Waals surface area contributed by atoms with Crippen molar-refractivity contribution in [3.8, 4) is 0 Å². The van der Waals surface area contributed by atoms with Gasteiger partial charge < -0.3 is 10.6 Å². The van der Waals surface area contributed by atoms with E-state index < -0.39 is 0 Å². The van der Waals surface area contributed by atoms with Gasteiger partial charge in [-0.05, 0) is 25.1 Å². The molecule has 0 atom stereocenters. The Hall–Kier alpha value is -0.310. The first-order valence-corrected chi connectivity index (χ1v) is 8.73. The zero-order chi connectivity index (χ0) is 14.2. The van der Waals surface area contributed by atoms with Crippen LogP contribution >= 0.6 is 12.2 Å². The Balaban J connectivity index is 3.10. The van der Waals surface area contributed by atoms with E-state index in [4.69, 9.17) is 12.2 Å². The van der Waals surface area contributed by atoms with Crippen LogP contribution in [-0.4, -0.2) is 18.2 Å². The number of hydrogen-bond donors (Lipinski definition) is 2. The zero-order valence-electron chi connectivity index (χ0n) is 13.1. The van der Waals surface area contributed by atoms with Crippen LogP contribution in [0, 0.1) is 0 Å². The van der Waals surface area contributed by atoms with Crippen molar-refractivity contribution in [2.45, 2.75) is 84.5 Å². The summed E-state index contributed by atoms with van der Waals surface area (Å²) in [6.07, 6.45) is 14.7. The average molecular weight is 287 g/mol. The van der Waals surface area contributed by atoms with Crippen molar-refractivity contribution in [1.29, 1.82) is 0 Å². The highest BCUT2D eigenvalue weighted by atomic mass is 32.1. The van der Waals surface area contributed by atoms with Gasteiger partial charge in [0.1, 0.15) is 0 Å². The van der Waals surface area contributed by atoms with Gasteiger partial charge in [-0.2, -0.15) is 0 Å². The first kappa shape index (κ1) is 18.7. The summed E-state index contributed by atoms with van der Waals surface area (Å²) in [5.41, 5.74) is 0. The largest absolute Gasteiger partial charge is 0.363 e. The lowest BCUT2D eigenvalue weighted by molar-refractivity contribution is 0.572. The van der Waals surface area contributed by atoms with Crippen molar-refractivity contribution in [2.24, 2.45) is 0 Å². The molecule has 2 nitrogen and oxygen atoms in total. The molecule has 0 bridgehead atoms. The van der Waals surface area contributed by atoms with Crippen molar-refractivity contribution in [1.82, 2.24) is 10.6 Å². The van der Waals surface area contributed by atoms with Gasteiger partial charge in [0.2, 0.25) is 0 Å². The fourth-order valence-electron chi connectivity index (χ4n) is 2.10. The molecule has 0 radical (unpaired) electrons. The van der Waals surface area contributed by atoms with Gasteiger partial charge in [0, 0.05) is 13.1 Å². The maximum Gasteiger partial charge on any atom is 0.166 e. The molecule has 0 saturated carbocycles. The summed E-state index contributed by atoms with van der Waals surface area (Å²) in [5.74, 6) is 0.